The minimum atomic E-state index is -0.345. The maximum absolute atomic E-state index is 4.15. The van der Waals surface area contributed by atoms with Crippen molar-refractivity contribution in [1.29, 1.82) is 0 Å². The SMILES string of the molecule is C=CCCC(CP(C1=CCC(C)C=C1)c1ccccc1)C1CCCC1P(C1=CCC(C)CC1)c1ccccc1. The van der Waals surface area contributed by atoms with E-state index in [1.54, 1.807) is 15.9 Å². The molecule has 1 fully saturated rings. The Morgan fingerprint density at radius 3 is 2.28 bits per heavy atom. The molecule has 2 heteroatoms. The van der Waals surface area contributed by atoms with Crippen LogP contribution in [0.4, 0.5) is 0 Å². The maximum Gasteiger partial charge on any atom is -0.0101 e. The number of hydrogen-bond donors (Lipinski definition) is 0. The first kappa shape index (κ1) is 28.8. The van der Waals surface area contributed by atoms with Crippen molar-refractivity contribution in [2.75, 3.05) is 6.16 Å². The van der Waals surface area contributed by atoms with E-state index in [4.69, 9.17) is 0 Å². The Kier molecular flexibility index (Phi) is 10.5. The van der Waals surface area contributed by atoms with Gasteiger partial charge in [0.05, 0.1) is 0 Å². The summed E-state index contributed by atoms with van der Waals surface area (Å²) in [5.74, 6) is 3.08. The Hall–Kier alpha value is -1.74. The summed E-state index contributed by atoms with van der Waals surface area (Å²) in [6.07, 6.45) is 25.5. The summed E-state index contributed by atoms with van der Waals surface area (Å²) in [6.45, 7) is 8.93. The van der Waals surface area contributed by atoms with Crippen LogP contribution in [0.2, 0.25) is 0 Å². The fraction of sp³-hybridized carbons (Fsp3) is 0.459. The first-order valence-corrected chi connectivity index (χ1v) is 18.4. The molecule has 7 unspecified atom stereocenters. The molecular weight excluding hydrogens is 506 g/mol. The van der Waals surface area contributed by atoms with Gasteiger partial charge in [0.2, 0.25) is 0 Å². The molecule has 0 amide bonds. The average Bonchev–Trinajstić information content (AvgIpc) is 3.45. The lowest BCUT2D eigenvalue weighted by molar-refractivity contribution is 0.357. The fourth-order valence-corrected chi connectivity index (χ4v) is 13.3. The van der Waals surface area contributed by atoms with Crippen LogP contribution < -0.4 is 10.6 Å². The highest BCUT2D eigenvalue weighted by atomic mass is 31.1. The molecule has 0 heterocycles. The van der Waals surface area contributed by atoms with Gasteiger partial charge in [-0.25, -0.2) is 0 Å². The quantitative estimate of drug-likeness (QED) is 0.191. The van der Waals surface area contributed by atoms with Crippen molar-refractivity contribution < 1.29 is 0 Å². The summed E-state index contributed by atoms with van der Waals surface area (Å²) in [6, 6.07) is 23.2. The molecule has 2 aromatic rings. The molecule has 3 aliphatic carbocycles. The molecule has 7 atom stereocenters. The first-order chi connectivity index (χ1) is 19.1. The summed E-state index contributed by atoms with van der Waals surface area (Å²) in [5.41, 5.74) is 0.820. The predicted octanol–water partition coefficient (Wildman–Crippen LogP) is 10.5. The Bertz CT molecular complexity index is 1140. The zero-order valence-electron chi connectivity index (χ0n) is 24.2. The van der Waals surface area contributed by atoms with E-state index in [0.29, 0.717) is 5.92 Å². The second kappa shape index (κ2) is 14.2. The highest BCUT2D eigenvalue weighted by molar-refractivity contribution is 7.70. The molecule has 0 nitrogen and oxygen atoms in total. The Morgan fingerprint density at radius 2 is 1.64 bits per heavy atom. The number of allylic oxidation sites excluding steroid dienone is 7. The lowest BCUT2D eigenvalue weighted by atomic mass is 9.88. The molecular formula is C37H48P2. The Morgan fingerprint density at radius 1 is 0.897 bits per heavy atom. The third-order valence-corrected chi connectivity index (χ3v) is 15.2. The number of hydrogen-bond acceptors (Lipinski definition) is 0. The van der Waals surface area contributed by atoms with Crippen molar-refractivity contribution >= 4 is 26.5 Å². The van der Waals surface area contributed by atoms with Crippen molar-refractivity contribution in [3.63, 3.8) is 0 Å². The zero-order chi connectivity index (χ0) is 27.0. The molecule has 2 aromatic carbocycles. The molecule has 0 bridgehead atoms. The van der Waals surface area contributed by atoms with Crippen molar-refractivity contribution in [2.24, 2.45) is 23.7 Å². The van der Waals surface area contributed by atoms with Gasteiger partial charge >= 0.3 is 0 Å². The van der Waals surface area contributed by atoms with Crippen LogP contribution in [-0.2, 0) is 0 Å². The van der Waals surface area contributed by atoms with E-state index in [2.05, 4.69) is 111 Å². The van der Waals surface area contributed by atoms with Crippen molar-refractivity contribution in [1.82, 2.24) is 0 Å². The highest BCUT2D eigenvalue weighted by Gasteiger charge is 2.41. The standard InChI is InChI=1S/C37H48P2/c1-4-5-13-31(28-38(32-14-8-6-9-15-32)33-24-20-29(2)21-25-33)36-18-12-19-37(36)39(34-16-10-7-11-17-34)35-26-22-30(3)23-27-35/h4,6-11,14-17,20,24-26,29-31,36-37H,1,5,12-13,18-19,21-23,27-28H2,2-3H3. The van der Waals surface area contributed by atoms with E-state index < -0.39 is 0 Å². The zero-order valence-corrected chi connectivity index (χ0v) is 26.0. The van der Waals surface area contributed by atoms with E-state index >= 15 is 0 Å². The van der Waals surface area contributed by atoms with Crippen LogP contribution in [0.3, 0.4) is 0 Å². The van der Waals surface area contributed by atoms with Crippen molar-refractivity contribution in [3.8, 4) is 0 Å². The molecule has 0 spiro atoms. The molecule has 0 saturated heterocycles. The summed E-state index contributed by atoms with van der Waals surface area (Å²) in [7, 11) is -0.612. The highest BCUT2D eigenvalue weighted by Crippen LogP contribution is 2.61. The normalized spacial score (nSPS) is 27.3. The average molecular weight is 555 g/mol. The smallest absolute Gasteiger partial charge is 0.0101 e. The predicted molar refractivity (Wildman–Crippen MR) is 177 cm³/mol. The molecule has 3 aliphatic rings. The van der Waals surface area contributed by atoms with Gasteiger partial charge in [0.1, 0.15) is 0 Å². The van der Waals surface area contributed by atoms with Gasteiger partial charge in [0, 0.05) is 0 Å². The fourth-order valence-electron chi connectivity index (χ4n) is 7.06. The van der Waals surface area contributed by atoms with E-state index in [9.17, 15) is 0 Å². The third-order valence-electron chi connectivity index (χ3n) is 9.29. The van der Waals surface area contributed by atoms with Gasteiger partial charge in [0.25, 0.3) is 0 Å². The minimum Gasteiger partial charge on any atom is -0.103 e. The summed E-state index contributed by atoms with van der Waals surface area (Å²) in [4.78, 5) is 0. The molecule has 5 rings (SSSR count). The molecule has 206 valence electrons. The maximum atomic E-state index is 4.15. The van der Waals surface area contributed by atoms with Gasteiger partial charge in [-0.3, -0.25) is 0 Å². The van der Waals surface area contributed by atoms with Gasteiger partial charge in [-0.1, -0.05) is 111 Å². The van der Waals surface area contributed by atoms with E-state index in [-0.39, 0.29) is 15.8 Å². The summed E-state index contributed by atoms with van der Waals surface area (Å²) >= 11 is 0. The van der Waals surface area contributed by atoms with Gasteiger partial charge in [-0.2, -0.15) is 0 Å². The second-order valence-electron chi connectivity index (χ2n) is 12.2. The van der Waals surface area contributed by atoms with Crippen LogP contribution in [0.25, 0.3) is 0 Å². The summed E-state index contributed by atoms with van der Waals surface area (Å²) in [5, 5.41) is 6.61. The monoisotopic (exact) mass is 554 g/mol. The molecule has 0 aliphatic heterocycles. The van der Waals surface area contributed by atoms with Crippen LogP contribution in [0.1, 0.15) is 71.6 Å². The Labute approximate surface area is 241 Å². The first-order valence-electron chi connectivity index (χ1n) is 15.5. The van der Waals surface area contributed by atoms with Gasteiger partial charge in [0.15, 0.2) is 0 Å². The molecule has 39 heavy (non-hydrogen) atoms. The van der Waals surface area contributed by atoms with Crippen LogP contribution in [0.15, 0.2) is 108 Å². The van der Waals surface area contributed by atoms with Crippen LogP contribution in [-0.4, -0.2) is 11.8 Å². The Balaban J connectivity index is 1.48. The molecule has 0 aromatic heterocycles. The lowest BCUT2D eigenvalue weighted by Gasteiger charge is -2.38. The second-order valence-corrected chi connectivity index (χ2v) is 17.0. The minimum absolute atomic E-state index is 0.267. The molecule has 1 saturated carbocycles. The van der Waals surface area contributed by atoms with Crippen molar-refractivity contribution in [3.05, 3.63) is 108 Å². The van der Waals surface area contributed by atoms with Gasteiger partial charge in [-0.15, -0.1) is 6.58 Å². The number of rotatable bonds is 11. The number of benzene rings is 2. The third kappa shape index (κ3) is 7.32. The van der Waals surface area contributed by atoms with Gasteiger partial charge < -0.3 is 0 Å². The van der Waals surface area contributed by atoms with E-state index in [1.807, 2.05) is 5.31 Å². The van der Waals surface area contributed by atoms with E-state index in [0.717, 1.165) is 29.8 Å². The summed E-state index contributed by atoms with van der Waals surface area (Å²) < 4.78 is 0. The lowest BCUT2D eigenvalue weighted by Crippen LogP contribution is -2.28. The van der Waals surface area contributed by atoms with Crippen LogP contribution >= 0.6 is 15.8 Å². The van der Waals surface area contributed by atoms with Crippen molar-refractivity contribution in [2.45, 2.75) is 77.3 Å². The van der Waals surface area contributed by atoms with E-state index in [1.165, 1.54) is 57.5 Å². The van der Waals surface area contributed by atoms with Crippen LogP contribution in [0, 0.1) is 23.7 Å². The van der Waals surface area contributed by atoms with Crippen LogP contribution in [0.5, 0.6) is 0 Å². The molecule has 0 radical (unpaired) electrons. The largest absolute Gasteiger partial charge is 0.103 e. The molecule has 0 N–H and O–H groups in total. The van der Waals surface area contributed by atoms with Gasteiger partial charge in [-0.05, 0) is 124 Å². The topological polar surface area (TPSA) is 0 Å².